The maximum atomic E-state index is 13.0. The van der Waals surface area contributed by atoms with E-state index in [-0.39, 0.29) is 18.1 Å². The van der Waals surface area contributed by atoms with Crippen LogP contribution in [0, 0.1) is 5.82 Å². The minimum Gasteiger partial charge on any atom is -0.481 e. The lowest BCUT2D eigenvalue weighted by molar-refractivity contribution is -0.136. The molecule has 0 saturated heterocycles. The summed E-state index contributed by atoms with van der Waals surface area (Å²) in [7, 11) is 0. The van der Waals surface area contributed by atoms with Gasteiger partial charge < -0.3 is 9.52 Å². The van der Waals surface area contributed by atoms with E-state index in [0.717, 1.165) is 0 Å². The van der Waals surface area contributed by atoms with Crippen molar-refractivity contribution in [1.82, 2.24) is 4.98 Å². The summed E-state index contributed by atoms with van der Waals surface area (Å²) in [6.45, 7) is 0. The van der Waals surface area contributed by atoms with Gasteiger partial charge in [-0.15, -0.1) is 0 Å². The van der Waals surface area contributed by atoms with Gasteiger partial charge in [-0.25, -0.2) is 9.37 Å². The maximum Gasteiger partial charge on any atom is 0.309 e. The highest BCUT2D eigenvalue weighted by Gasteiger charge is 2.18. The van der Waals surface area contributed by atoms with Crippen LogP contribution in [0.3, 0.4) is 0 Å². The summed E-state index contributed by atoms with van der Waals surface area (Å²) in [5, 5.41) is 9.61. The predicted molar refractivity (Wildman–Crippen MR) is 83.7 cm³/mol. The summed E-state index contributed by atoms with van der Waals surface area (Å²) in [6, 6.07) is 12.4. The molecule has 0 aliphatic carbocycles. The summed E-state index contributed by atoms with van der Waals surface area (Å²) in [6.07, 6.45) is -0.275. The van der Waals surface area contributed by atoms with Crippen LogP contribution >= 0.6 is 11.6 Å². The van der Waals surface area contributed by atoms with Crippen molar-refractivity contribution < 1.29 is 18.7 Å². The van der Waals surface area contributed by atoms with Crippen LogP contribution in [0.25, 0.3) is 22.8 Å². The predicted octanol–water partition coefficient (Wildman–Crippen LogP) is 4.43. The van der Waals surface area contributed by atoms with Gasteiger partial charge in [-0.3, -0.25) is 4.79 Å². The second-order valence-electron chi connectivity index (χ2n) is 4.88. The fourth-order valence-corrected chi connectivity index (χ4v) is 2.28. The number of hydrogen-bond acceptors (Lipinski definition) is 3. The largest absolute Gasteiger partial charge is 0.481 e. The molecule has 1 heterocycles. The number of halogens is 2. The van der Waals surface area contributed by atoms with E-state index in [2.05, 4.69) is 4.98 Å². The molecule has 0 unspecified atom stereocenters. The number of oxazole rings is 1. The smallest absolute Gasteiger partial charge is 0.309 e. The van der Waals surface area contributed by atoms with Crippen molar-refractivity contribution in [2.75, 3.05) is 0 Å². The van der Waals surface area contributed by atoms with Crippen LogP contribution in [0.1, 0.15) is 5.69 Å². The molecule has 0 atom stereocenters. The third-order valence-electron chi connectivity index (χ3n) is 3.21. The first kappa shape index (κ1) is 15.2. The van der Waals surface area contributed by atoms with Gasteiger partial charge >= 0.3 is 5.97 Å². The Hall–Kier alpha value is -2.66. The van der Waals surface area contributed by atoms with E-state index < -0.39 is 5.97 Å². The topological polar surface area (TPSA) is 63.3 Å². The number of rotatable bonds is 4. The summed E-state index contributed by atoms with van der Waals surface area (Å²) in [5.41, 5.74) is 1.55. The molecule has 0 aliphatic rings. The first-order valence-electron chi connectivity index (χ1n) is 6.76. The van der Waals surface area contributed by atoms with Crippen LogP contribution in [-0.4, -0.2) is 16.1 Å². The van der Waals surface area contributed by atoms with E-state index >= 15 is 0 Å². The molecular weight excluding hydrogens is 321 g/mol. The Labute approximate surface area is 136 Å². The lowest BCUT2D eigenvalue weighted by atomic mass is 10.1. The SMILES string of the molecule is O=C(O)Cc1nc(-c2ccc(F)cc2)oc1-c1ccc(Cl)cc1. The van der Waals surface area contributed by atoms with E-state index in [1.54, 1.807) is 24.3 Å². The zero-order chi connectivity index (χ0) is 16.4. The zero-order valence-electron chi connectivity index (χ0n) is 11.8. The van der Waals surface area contributed by atoms with Gasteiger partial charge in [-0.1, -0.05) is 11.6 Å². The van der Waals surface area contributed by atoms with Gasteiger partial charge in [0.25, 0.3) is 0 Å². The number of benzene rings is 2. The normalized spacial score (nSPS) is 10.7. The first-order valence-corrected chi connectivity index (χ1v) is 7.14. The van der Waals surface area contributed by atoms with Crippen molar-refractivity contribution in [2.24, 2.45) is 0 Å². The second-order valence-corrected chi connectivity index (χ2v) is 5.32. The fraction of sp³-hybridized carbons (Fsp3) is 0.0588. The molecule has 0 fully saturated rings. The highest BCUT2D eigenvalue weighted by atomic mass is 35.5. The molecule has 0 aliphatic heterocycles. The Kier molecular flexibility index (Phi) is 4.12. The van der Waals surface area contributed by atoms with Gasteiger partial charge in [-0.2, -0.15) is 0 Å². The molecule has 0 amide bonds. The molecule has 4 nitrogen and oxygen atoms in total. The van der Waals surface area contributed by atoms with E-state index in [1.165, 1.54) is 24.3 Å². The first-order chi connectivity index (χ1) is 11.0. The number of aliphatic carboxylic acids is 1. The van der Waals surface area contributed by atoms with Gasteiger partial charge in [0, 0.05) is 16.1 Å². The molecule has 3 rings (SSSR count). The number of hydrogen-bond donors (Lipinski definition) is 1. The van der Waals surface area contributed by atoms with Gasteiger partial charge in [-0.05, 0) is 48.5 Å². The van der Waals surface area contributed by atoms with Crippen molar-refractivity contribution in [2.45, 2.75) is 6.42 Å². The molecule has 3 aromatic rings. The maximum absolute atomic E-state index is 13.0. The number of nitrogens with zero attached hydrogens (tertiary/aromatic N) is 1. The highest BCUT2D eigenvalue weighted by molar-refractivity contribution is 6.30. The van der Waals surface area contributed by atoms with Crippen molar-refractivity contribution in [1.29, 1.82) is 0 Å². The summed E-state index contributed by atoms with van der Waals surface area (Å²) in [5.74, 6) is -0.780. The van der Waals surface area contributed by atoms with Gasteiger partial charge in [0.1, 0.15) is 5.82 Å². The van der Waals surface area contributed by atoms with Crippen molar-refractivity contribution in [3.8, 4) is 22.8 Å². The van der Waals surface area contributed by atoms with Crippen LogP contribution in [0.5, 0.6) is 0 Å². The molecular formula is C17H11ClFNO3. The van der Waals surface area contributed by atoms with Crippen LogP contribution in [0.15, 0.2) is 52.9 Å². The Morgan fingerprint density at radius 1 is 1.09 bits per heavy atom. The third kappa shape index (κ3) is 3.40. The van der Waals surface area contributed by atoms with Crippen LogP contribution in [-0.2, 0) is 11.2 Å². The second kappa shape index (κ2) is 6.22. The summed E-state index contributed by atoms with van der Waals surface area (Å²) >= 11 is 5.86. The fourth-order valence-electron chi connectivity index (χ4n) is 2.16. The molecule has 23 heavy (non-hydrogen) atoms. The van der Waals surface area contributed by atoms with Crippen LogP contribution in [0.2, 0.25) is 5.02 Å². The molecule has 2 aromatic carbocycles. The Morgan fingerprint density at radius 3 is 2.30 bits per heavy atom. The summed E-state index contributed by atoms with van der Waals surface area (Å²) in [4.78, 5) is 15.3. The van der Waals surface area contributed by atoms with Crippen molar-refractivity contribution >= 4 is 17.6 Å². The molecule has 0 spiro atoms. The highest BCUT2D eigenvalue weighted by Crippen LogP contribution is 2.31. The van der Waals surface area contributed by atoms with Gasteiger partial charge in [0.15, 0.2) is 5.76 Å². The van der Waals surface area contributed by atoms with Crippen molar-refractivity contribution in [3.05, 3.63) is 65.1 Å². The minimum absolute atomic E-state index is 0.242. The quantitative estimate of drug-likeness (QED) is 0.768. The third-order valence-corrected chi connectivity index (χ3v) is 3.47. The molecule has 0 radical (unpaired) electrons. The van der Waals surface area contributed by atoms with E-state index in [4.69, 9.17) is 21.1 Å². The van der Waals surface area contributed by atoms with Gasteiger partial charge in [0.05, 0.1) is 12.1 Å². The molecule has 116 valence electrons. The molecule has 1 aromatic heterocycles. The standard InChI is InChI=1S/C17H11ClFNO3/c18-12-5-1-10(2-6-12)16-14(9-15(21)22)20-17(23-16)11-3-7-13(19)8-4-11/h1-8H,9H2,(H,21,22). The molecule has 0 saturated carbocycles. The van der Waals surface area contributed by atoms with E-state index in [1.807, 2.05) is 0 Å². The lowest BCUT2D eigenvalue weighted by Crippen LogP contribution is -2.01. The Balaban J connectivity index is 2.08. The Bertz CT molecular complexity index is 841. The van der Waals surface area contributed by atoms with Gasteiger partial charge in [0.2, 0.25) is 5.89 Å². The summed E-state index contributed by atoms with van der Waals surface area (Å²) < 4.78 is 18.7. The minimum atomic E-state index is -1.01. The van der Waals surface area contributed by atoms with Crippen LogP contribution < -0.4 is 0 Å². The zero-order valence-corrected chi connectivity index (χ0v) is 12.5. The Morgan fingerprint density at radius 2 is 1.70 bits per heavy atom. The molecule has 0 bridgehead atoms. The van der Waals surface area contributed by atoms with E-state index in [9.17, 15) is 9.18 Å². The number of aromatic nitrogens is 1. The average Bonchev–Trinajstić information content (AvgIpc) is 2.92. The lowest BCUT2D eigenvalue weighted by Gasteiger charge is -1.99. The number of carboxylic acid groups (broad SMARTS) is 1. The van der Waals surface area contributed by atoms with Crippen LogP contribution in [0.4, 0.5) is 4.39 Å². The number of carbonyl (C=O) groups is 1. The molecule has 6 heteroatoms. The molecule has 1 N–H and O–H groups in total. The number of carboxylic acids is 1. The van der Waals surface area contributed by atoms with Crippen molar-refractivity contribution in [3.63, 3.8) is 0 Å². The monoisotopic (exact) mass is 331 g/mol. The average molecular weight is 332 g/mol. The van der Waals surface area contributed by atoms with E-state index in [0.29, 0.717) is 27.6 Å².